The number of hydrogen-bond acceptors (Lipinski definition) is 7. The van der Waals surface area contributed by atoms with E-state index in [2.05, 4.69) is 15.0 Å². The van der Waals surface area contributed by atoms with Gasteiger partial charge in [-0.05, 0) is 25.4 Å². The van der Waals surface area contributed by atoms with E-state index in [9.17, 15) is 13.2 Å². The van der Waals surface area contributed by atoms with Crippen LogP contribution in [-0.2, 0) is 9.84 Å². The Kier molecular flexibility index (Phi) is 4.41. The average molecular weight is 306 g/mol. The zero-order chi connectivity index (χ0) is 14.8. The second kappa shape index (κ2) is 5.33. The summed E-state index contributed by atoms with van der Waals surface area (Å²) in [5.41, 5.74) is 5.87. The number of hydrogen-bond donors (Lipinski definition) is 3. The van der Waals surface area contributed by atoms with E-state index in [0.29, 0.717) is 5.00 Å². The molecule has 0 saturated heterocycles. The van der Waals surface area contributed by atoms with Gasteiger partial charge in [0.15, 0.2) is 15.7 Å². The van der Waals surface area contributed by atoms with Crippen molar-refractivity contribution < 1.29 is 13.2 Å². The monoisotopic (exact) mass is 306 g/mol. The van der Waals surface area contributed by atoms with Gasteiger partial charge in [0.05, 0.1) is 4.75 Å². The summed E-state index contributed by atoms with van der Waals surface area (Å²) in [5, 5.41) is 5.86. The van der Waals surface area contributed by atoms with E-state index in [1.807, 2.05) is 0 Å². The van der Waals surface area contributed by atoms with Crippen LogP contribution in [0.25, 0.3) is 0 Å². The third kappa shape index (κ3) is 3.35. The number of carbonyl (C=O) groups excluding carboxylic acids is 1. The van der Waals surface area contributed by atoms with Gasteiger partial charge in [-0.15, -0.1) is 0 Å². The first-order valence-corrected chi connectivity index (χ1v) is 8.17. The molecule has 1 rings (SSSR count). The van der Waals surface area contributed by atoms with Gasteiger partial charge in [-0.2, -0.15) is 4.37 Å². The maximum absolute atomic E-state index is 11.7. The van der Waals surface area contributed by atoms with Crippen molar-refractivity contribution in [1.29, 1.82) is 0 Å². The fraction of sp³-hybridized carbons (Fsp3) is 0.600. The predicted octanol–water partition coefficient (Wildman–Crippen LogP) is 0.320. The van der Waals surface area contributed by atoms with Crippen molar-refractivity contribution in [2.24, 2.45) is 0 Å². The molecule has 0 saturated carbocycles. The molecule has 7 nitrogen and oxygen atoms in total. The van der Waals surface area contributed by atoms with E-state index in [-0.39, 0.29) is 23.8 Å². The van der Waals surface area contributed by atoms with Gasteiger partial charge in [0.25, 0.3) is 5.91 Å². The van der Waals surface area contributed by atoms with Crippen molar-refractivity contribution in [2.45, 2.75) is 18.6 Å². The molecule has 1 aromatic rings. The van der Waals surface area contributed by atoms with Gasteiger partial charge in [0, 0.05) is 19.8 Å². The highest BCUT2D eigenvalue weighted by Gasteiger charge is 2.31. The molecule has 0 aromatic carbocycles. The Balaban J connectivity index is 2.94. The molecule has 0 fully saturated rings. The Morgan fingerprint density at radius 1 is 1.47 bits per heavy atom. The number of nitrogens with zero attached hydrogens (tertiary/aromatic N) is 1. The Morgan fingerprint density at radius 3 is 2.53 bits per heavy atom. The smallest absolute Gasteiger partial charge is 0.257 e. The Labute approximate surface area is 116 Å². The molecule has 0 aliphatic heterocycles. The molecule has 0 radical (unpaired) electrons. The summed E-state index contributed by atoms with van der Waals surface area (Å²) >= 11 is 1.03. The van der Waals surface area contributed by atoms with E-state index in [1.165, 1.54) is 13.3 Å². The minimum absolute atomic E-state index is 0.129. The van der Waals surface area contributed by atoms with Crippen LogP contribution < -0.4 is 16.4 Å². The number of nitrogen functional groups attached to an aromatic ring is 1. The molecular weight excluding hydrogens is 288 g/mol. The van der Waals surface area contributed by atoms with E-state index in [0.717, 1.165) is 11.5 Å². The first-order chi connectivity index (χ1) is 8.60. The predicted molar refractivity (Wildman–Crippen MR) is 77.3 cm³/mol. The highest BCUT2D eigenvalue weighted by molar-refractivity contribution is 7.92. The number of carbonyl (C=O) groups is 1. The Bertz CT molecular complexity index is 578. The SMILES string of the molecule is CNC(=O)c1c(N)nsc1NCC(C)(C)S(C)(=O)=O. The molecule has 108 valence electrons. The van der Waals surface area contributed by atoms with E-state index >= 15 is 0 Å². The number of amides is 1. The summed E-state index contributed by atoms with van der Waals surface area (Å²) in [6, 6.07) is 0. The second-order valence-corrected chi connectivity index (χ2v) is 8.16. The van der Waals surface area contributed by atoms with Gasteiger partial charge in [-0.25, -0.2) is 8.42 Å². The number of anilines is 2. The van der Waals surface area contributed by atoms with Crippen LogP contribution in [0.3, 0.4) is 0 Å². The van der Waals surface area contributed by atoms with Crippen molar-refractivity contribution in [1.82, 2.24) is 9.69 Å². The van der Waals surface area contributed by atoms with Crippen LogP contribution in [0, 0.1) is 0 Å². The lowest BCUT2D eigenvalue weighted by molar-refractivity contribution is 0.0965. The van der Waals surface area contributed by atoms with Crippen LogP contribution in [-0.4, -0.2) is 43.3 Å². The van der Waals surface area contributed by atoms with Crippen molar-refractivity contribution >= 4 is 38.1 Å². The largest absolute Gasteiger partial charge is 0.382 e. The van der Waals surface area contributed by atoms with E-state index < -0.39 is 14.6 Å². The van der Waals surface area contributed by atoms with Crippen LogP contribution in [0.4, 0.5) is 10.8 Å². The Hall–Kier alpha value is -1.35. The highest BCUT2D eigenvalue weighted by atomic mass is 32.2. The quantitative estimate of drug-likeness (QED) is 0.722. The molecule has 1 aromatic heterocycles. The van der Waals surface area contributed by atoms with Gasteiger partial charge >= 0.3 is 0 Å². The average Bonchev–Trinajstić information content (AvgIpc) is 2.65. The third-order valence-corrected chi connectivity index (χ3v) is 5.82. The zero-order valence-corrected chi connectivity index (χ0v) is 12.9. The molecule has 19 heavy (non-hydrogen) atoms. The Morgan fingerprint density at radius 2 is 2.05 bits per heavy atom. The van der Waals surface area contributed by atoms with Crippen LogP contribution in [0.2, 0.25) is 0 Å². The summed E-state index contributed by atoms with van der Waals surface area (Å²) in [5.74, 6) is -0.227. The maximum Gasteiger partial charge on any atom is 0.257 e. The van der Waals surface area contributed by atoms with E-state index in [1.54, 1.807) is 13.8 Å². The maximum atomic E-state index is 11.7. The summed E-state index contributed by atoms with van der Waals surface area (Å²) in [6.07, 6.45) is 1.18. The summed E-state index contributed by atoms with van der Waals surface area (Å²) in [7, 11) is -1.72. The minimum atomic E-state index is -3.21. The third-order valence-electron chi connectivity index (χ3n) is 2.85. The number of nitrogens with one attached hydrogen (secondary N) is 2. The van der Waals surface area contributed by atoms with Crippen molar-refractivity contribution in [3.05, 3.63) is 5.56 Å². The topological polar surface area (TPSA) is 114 Å². The lowest BCUT2D eigenvalue weighted by atomic mass is 10.2. The molecule has 0 atom stereocenters. The van der Waals surface area contributed by atoms with Gasteiger partial charge in [0.2, 0.25) is 0 Å². The number of rotatable bonds is 5. The molecule has 9 heteroatoms. The van der Waals surface area contributed by atoms with Gasteiger partial charge in [0.1, 0.15) is 10.6 Å². The molecule has 0 spiro atoms. The van der Waals surface area contributed by atoms with Gasteiger partial charge < -0.3 is 16.4 Å². The molecule has 1 heterocycles. The fourth-order valence-electron chi connectivity index (χ4n) is 1.19. The van der Waals surface area contributed by atoms with Gasteiger partial charge in [-0.3, -0.25) is 4.79 Å². The molecule has 1 amide bonds. The molecule has 0 aliphatic carbocycles. The normalized spacial score (nSPS) is 12.2. The minimum Gasteiger partial charge on any atom is -0.382 e. The highest BCUT2D eigenvalue weighted by Crippen LogP contribution is 2.27. The van der Waals surface area contributed by atoms with Gasteiger partial charge in [-0.1, -0.05) is 0 Å². The van der Waals surface area contributed by atoms with Crippen LogP contribution in [0.1, 0.15) is 24.2 Å². The van der Waals surface area contributed by atoms with Crippen molar-refractivity contribution in [3.63, 3.8) is 0 Å². The second-order valence-electron chi connectivity index (χ2n) is 4.74. The van der Waals surface area contributed by atoms with Crippen LogP contribution >= 0.6 is 11.5 Å². The fourth-order valence-corrected chi connectivity index (χ4v) is 2.23. The standard InChI is InChI=1S/C10H18N4O3S2/c1-10(2,19(4,16)17)5-13-9-6(8(15)12-3)7(11)14-18-9/h13H,5H2,1-4H3,(H2,11,14)(H,12,15). The molecule has 0 bridgehead atoms. The lowest BCUT2D eigenvalue weighted by Crippen LogP contribution is -2.38. The van der Waals surface area contributed by atoms with Crippen LogP contribution in [0.15, 0.2) is 0 Å². The molecule has 0 aliphatic rings. The van der Waals surface area contributed by atoms with Crippen molar-refractivity contribution in [2.75, 3.05) is 30.9 Å². The van der Waals surface area contributed by atoms with E-state index in [4.69, 9.17) is 5.73 Å². The lowest BCUT2D eigenvalue weighted by Gasteiger charge is -2.23. The number of sulfone groups is 1. The molecule has 0 unspecified atom stereocenters. The summed E-state index contributed by atoms with van der Waals surface area (Å²) < 4.78 is 26.1. The first kappa shape index (κ1) is 15.7. The molecular formula is C10H18N4O3S2. The molecule has 4 N–H and O–H groups in total. The first-order valence-electron chi connectivity index (χ1n) is 5.51. The number of nitrogens with two attached hydrogens (primary N) is 1. The van der Waals surface area contributed by atoms with Crippen LogP contribution in [0.5, 0.6) is 0 Å². The zero-order valence-electron chi connectivity index (χ0n) is 11.3. The summed E-state index contributed by atoms with van der Waals surface area (Å²) in [6.45, 7) is 3.38. The number of aromatic nitrogens is 1. The summed E-state index contributed by atoms with van der Waals surface area (Å²) in [4.78, 5) is 11.7. The van der Waals surface area contributed by atoms with Crippen molar-refractivity contribution in [3.8, 4) is 0 Å².